The molecule has 2 aliphatic rings. The van der Waals surface area contributed by atoms with E-state index in [2.05, 4.69) is 38.3 Å². The molecule has 0 radical (unpaired) electrons. The van der Waals surface area contributed by atoms with Gasteiger partial charge >= 0.3 is 0 Å². The van der Waals surface area contributed by atoms with E-state index in [0.717, 1.165) is 12.8 Å². The predicted molar refractivity (Wildman–Crippen MR) is 81.5 cm³/mol. The van der Waals surface area contributed by atoms with Crippen molar-refractivity contribution in [2.24, 2.45) is 0 Å². The zero-order valence-corrected chi connectivity index (χ0v) is 13.6. The van der Waals surface area contributed by atoms with Crippen LogP contribution >= 0.6 is 11.8 Å². The first-order valence-electron chi connectivity index (χ1n) is 7.11. The molecule has 114 valence electrons. The summed E-state index contributed by atoms with van der Waals surface area (Å²) in [6, 6.07) is 0.166. The summed E-state index contributed by atoms with van der Waals surface area (Å²) in [6.45, 7) is 8.83. The highest BCUT2D eigenvalue weighted by Crippen LogP contribution is 2.28. The van der Waals surface area contributed by atoms with Crippen molar-refractivity contribution in [3.63, 3.8) is 0 Å². The molecule has 0 saturated carbocycles. The van der Waals surface area contributed by atoms with Crippen LogP contribution in [0.4, 0.5) is 0 Å². The number of nitrogens with one attached hydrogen (secondary N) is 2. The Bertz CT molecular complexity index is 393. The van der Waals surface area contributed by atoms with Crippen molar-refractivity contribution in [2.45, 2.75) is 57.7 Å². The van der Waals surface area contributed by atoms with Gasteiger partial charge in [-0.05, 0) is 40.5 Å². The second-order valence-corrected chi connectivity index (χ2v) is 8.09. The van der Waals surface area contributed by atoms with E-state index in [1.54, 1.807) is 16.7 Å². The standard InChI is InChI=1S/C14H25N3O2S/c1-13(2)5-10(6-14(3,4)16-13)15-11(18)7-17-9-20-8-12(17)19/h10,16H,5-9H2,1-4H3,(H,15,18). The first-order valence-corrected chi connectivity index (χ1v) is 8.27. The van der Waals surface area contributed by atoms with Crippen LogP contribution in [0.15, 0.2) is 0 Å². The van der Waals surface area contributed by atoms with E-state index in [9.17, 15) is 9.59 Å². The van der Waals surface area contributed by atoms with Crippen LogP contribution in [0.5, 0.6) is 0 Å². The van der Waals surface area contributed by atoms with E-state index in [4.69, 9.17) is 0 Å². The first-order chi connectivity index (χ1) is 9.17. The Morgan fingerprint density at radius 2 is 1.95 bits per heavy atom. The number of rotatable bonds is 3. The van der Waals surface area contributed by atoms with Gasteiger partial charge in [-0.2, -0.15) is 0 Å². The quantitative estimate of drug-likeness (QED) is 0.814. The van der Waals surface area contributed by atoms with Gasteiger partial charge in [-0.15, -0.1) is 11.8 Å². The van der Waals surface area contributed by atoms with Crippen molar-refractivity contribution in [1.29, 1.82) is 0 Å². The van der Waals surface area contributed by atoms with Crippen molar-refractivity contribution in [3.8, 4) is 0 Å². The maximum atomic E-state index is 12.1. The molecule has 2 rings (SSSR count). The minimum Gasteiger partial charge on any atom is -0.352 e. The fourth-order valence-corrected chi connectivity index (χ4v) is 4.32. The Morgan fingerprint density at radius 3 is 2.45 bits per heavy atom. The van der Waals surface area contributed by atoms with E-state index in [-0.39, 0.29) is 35.5 Å². The molecule has 2 aliphatic heterocycles. The van der Waals surface area contributed by atoms with Gasteiger partial charge in [0, 0.05) is 17.1 Å². The highest BCUT2D eigenvalue weighted by Gasteiger charge is 2.38. The lowest BCUT2D eigenvalue weighted by Crippen LogP contribution is -2.62. The topological polar surface area (TPSA) is 61.4 Å². The third-order valence-electron chi connectivity index (χ3n) is 3.72. The normalized spacial score (nSPS) is 25.8. The number of nitrogens with zero attached hydrogens (tertiary/aromatic N) is 1. The van der Waals surface area contributed by atoms with E-state index in [0.29, 0.717) is 11.6 Å². The smallest absolute Gasteiger partial charge is 0.239 e. The van der Waals surface area contributed by atoms with Crippen LogP contribution in [-0.4, -0.2) is 52.0 Å². The monoisotopic (exact) mass is 299 g/mol. The molecule has 0 spiro atoms. The average Bonchev–Trinajstić information content (AvgIpc) is 2.58. The summed E-state index contributed by atoms with van der Waals surface area (Å²) in [5.74, 6) is 1.16. The Labute approximate surface area is 125 Å². The number of hydrogen-bond acceptors (Lipinski definition) is 4. The Balaban J connectivity index is 1.88. The predicted octanol–water partition coefficient (Wildman–Crippen LogP) is 0.945. The van der Waals surface area contributed by atoms with Gasteiger partial charge in [0.1, 0.15) is 6.54 Å². The summed E-state index contributed by atoms with van der Waals surface area (Å²) >= 11 is 1.56. The largest absolute Gasteiger partial charge is 0.352 e. The molecule has 2 amide bonds. The van der Waals surface area contributed by atoms with Gasteiger partial charge in [0.25, 0.3) is 0 Å². The summed E-state index contributed by atoms with van der Waals surface area (Å²) < 4.78 is 0. The van der Waals surface area contributed by atoms with Gasteiger partial charge < -0.3 is 15.5 Å². The van der Waals surface area contributed by atoms with Crippen molar-refractivity contribution in [2.75, 3.05) is 18.2 Å². The molecule has 2 heterocycles. The van der Waals surface area contributed by atoms with Crippen molar-refractivity contribution in [3.05, 3.63) is 0 Å². The Morgan fingerprint density at radius 1 is 1.35 bits per heavy atom. The van der Waals surface area contributed by atoms with Crippen LogP contribution in [0.3, 0.4) is 0 Å². The lowest BCUT2D eigenvalue weighted by Gasteiger charge is -2.46. The van der Waals surface area contributed by atoms with E-state index in [1.165, 1.54) is 0 Å². The van der Waals surface area contributed by atoms with Crippen LogP contribution in [-0.2, 0) is 9.59 Å². The summed E-state index contributed by atoms with van der Waals surface area (Å²) in [6.07, 6.45) is 1.82. The maximum Gasteiger partial charge on any atom is 0.239 e. The number of piperidine rings is 1. The second-order valence-electron chi connectivity index (χ2n) is 7.13. The fraction of sp³-hybridized carbons (Fsp3) is 0.857. The molecule has 2 N–H and O–H groups in total. The molecule has 0 aromatic heterocycles. The lowest BCUT2D eigenvalue weighted by atomic mass is 9.79. The van der Waals surface area contributed by atoms with Crippen LogP contribution < -0.4 is 10.6 Å². The van der Waals surface area contributed by atoms with Gasteiger partial charge in [0.05, 0.1) is 11.6 Å². The summed E-state index contributed by atoms with van der Waals surface area (Å²) in [4.78, 5) is 25.2. The number of carbonyl (C=O) groups excluding carboxylic acids is 2. The first kappa shape index (κ1) is 15.6. The molecule has 0 aliphatic carbocycles. The third-order valence-corrected chi connectivity index (χ3v) is 4.66. The van der Waals surface area contributed by atoms with Gasteiger partial charge in [0.2, 0.25) is 11.8 Å². The number of amides is 2. The minimum absolute atomic E-state index is 0.0129. The fourth-order valence-electron chi connectivity index (χ4n) is 3.41. The van der Waals surface area contributed by atoms with Crippen molar-refractivity contribution in [1.82, 2.24) is 15.5 Å². The summed E-state index contributed by atoms with van der Waals surface area (Å²) in [5, 5.41) is 6.69. The summed E-state index contributed by atoms with van der Waals surface area (Å²) in [5.41, 5.74) is 0.0258. The molecule has 20 heavy (non-hydrogen) atoms. The van der Waals surface area contributed by atoms with Crippen LogP contribution in [0, 0.1) is 0 Å². The van der Waals surface area contributed by atoms with E-state index in [1.807, 2.05) is 0 Å². The highest BCUT2D eigenvalue weighted by molar-refractivity contribution is 8.00. The van der Waals surface area contributed by atoms with Gasteiger partial charge in [-0.25, -0.2) is 0 Å². The van der Waals surface area contributed by atoms with Gasteiger partial charge in [0.15, 0.2) is 0 Å². The second kappa shape index (κ2) is 5.56. The molecule has 6 heteroatoms. The zero-order valence-electron chi connectivity index (χ0n) is 12.8. The number of carbonyl (C=O) groups is 2. The molecule has 0 atom stereocenters. The Hall–Kier alpha value is -0.750. The molecule has 5 nitrogen and oxygen atoms in total. The van der Waals surface area contributed by atoms with Crippen molar-refractivity contribution >= 4 is 23.6 Å². The molecular weight excluding hydrogens is 274 g/mol. The summed E-state index contributed by atoms with van der Waals surface area (Å²) in [7, 11) is 0. The molecule has 0 unspecified atom stereocenters. The van der Waals surface area contributed by atoms with Gasteiger partial charge in [-0.3, -0.25) is 9.59 Å². The zero-order chi connectivity index (χ0) is 15.0. The SMILES string of the molecule is CC1(C)CC(NC(=O)CN2CSCC2=O)CC(C)(C)N1. The van der Waals surface area contributed by atoms with Crippen molar-refractivity contribution < 1.29 is 9.59 Å². The average molecular weight is 299 g/mol. The molecule has 0 bridgehead atoms. The van der Waals surface area contributed by atoms with E-state index >= 15 is 0 Å². The third kappa shape index (κ3) is 4.12. The molecule has 2 fully saturated rings. The van der Waals surface area contributed by atoms with E-state index < -0.39 is 0 Å². The Kier molecular flexibility index (Phi) is 4.35. The van der Waals surface area contributed by atoms with Crippen LogP contribution in [0.25, 0.3) is 0 Å². The van der Waals surface area contributed by atoms with Crippen LogP contribution in [0.2, 0.25) is 0 Å². The maximum absolute atomic E-state index is 12.1. The number of thioether (sulfide) groups is 1. The molecule has 2 saturated heterocycles. The molecule has 0 aromatic carbocycles. The lowest BCUT2D eigenvalue weighted by molar-refractivity contribution is -0.132. The van der Waals surface area contributed by atoms with Crippen LogP contribution in [0.1, 0.15) is 40.5 Å². The minimum atomic E-state index is -0.0423. The van der Waals surface area contributed by atoms with Gasteiger partial charge in [-0.1, -0.05) is 0 Å². The number of hydrogen-bond donors (Lipinski definition) is 2. The highest BCUT2D eigenvalue weighted by atomic mass is 32.2. The molecule has 0 aromatic rings. The molecular formula is C14H25N3O2S.